The van der Waals surface area contributed by atoms with E-state index >= 15 is 0 Å². The van der Waals surface area contributed by atoms with E-state index in [9.17, 15) is 9.59 Å². The van der Waals surface area contributed by atoms with Crippen molar-refractivity contribution in [3.63, 3.8) is 0 Å². The van der Waals surface area contributed by atoms with Gasteiger partial charge in [0, 0.05) is 18.2 Å². The van der Waals surface area contributed by atoms with Crippen molar-refractivity contribution in [3.05, 3.63) is 78.4 Å². The summed E-state index contributed by atoms with van der Waals surface area (Å²) in [7, 11) is 1.59. The average Bonchev–Trinajstić information content (AvgIpc) is 3.30. The third-order valence-corrected chi connectivity index (χ3v) is 5.28. The number of nitrogens with one attached hydrogen (secondary N) is 1. The molecule has 0 atom stereocenters. The molecule has 0 radical (unpaired) electrons. The predicted octanol–water partition coefficient (Wildman–Crippen LogP) is 4.71. The van der Waals surface area contributed by atoms with Crippen LogP contribution >= 0.6 is 0 Å². The molecule has 4 rings (SSSR count). The van der Waals surface area contributed by atoms with Gasteiger partial charge in [-0.05, 0) is 55.0 Å². The highest BCUT2D eigenvalue weighted by Gasteiger charge is 2.14. The third-order valence-electron chi connectivity index (χ3n) is 5.28. The number of methoxy groups -OCH3 is 1. The molecule has 0 aliphatic carbocycles. The first kappa shape index (κ1) is 22.7. The third kappa shape index (κ3) is 5.12. The zero-order valence-corrected chi connectivity index (χ0v) is 18.7. The number of nitrogen functional groups attached to an aromatic ring is 1. The number of benzene rings is 3. The van der Waals surface area contributed by atoms with Gasteiger partial charge >= 0.3 is 0 Å². The van der Waals surface area contributed by atoms with Gasteiger partial charge in [-0.25, -0.2) is 0 Å². The van der Waals surface area contributed by atoms with Crippen molar-refractivity contribution >= 4 is 40.5 Å². The number of carbonyl (C=O) groups is 2. The van der Waals surface area contributed by atoms with Crippen LogP contribution < -0.4 is 25.4 Å². The van der Waals surface area contributed by atoms with Gasteiger partial charge in [0.25, 0.3) is 5.91 Å². The zero-order valence-electron chi connectivity index (χ0n) is 18.7. The van der Waals surface area contributed by atoms with E-state index < -0.39 is 0 Å². The molecular formula is C26H25N3O5. The standard InChI is InChI=1S/C26H25N3O5/c1-32-23-8-4-9-24-20(23)16-25(34-24)29(17-30)14-5-15-33-19-12-10-18(11-13-19)26(31)28-22-7-3-2-6-21(22)27/h2-4,6-13,16-17H,5,14-15,27H2,1H3,(H,28,31). The monoisotopic (exact) mass is 459 g/mol. The van der Waals surface area contributed by atoms with Gasteiger partial charge < -0.3 is 24.9 Å². The molecule has 0 fully saturated rings. The molecule has 4 aromatic rings. The highest BCUT2D eigenvalue weighted by Crippen LogP contribution is 2.32. The minimum absolute atomic E-state index is 0.256. The van der Waals surface area contributed by atoms with Crippen molar-refractivity contribution in [3.8, 4) is 11.5 Å². The Bertz CT molecular complexity index is 1280. The first-order valence-electron chi connectivity index (χ1n) is 10.8. The molecule has 0 spiro atoms. The lowest BCUT2D eigenvalue weighted by Gasteiger charge is -2.14. The topological polar surface area (TPSA) is 107 Å². The fourth-order valence-corrected chi connectivity index (χ4v) is 3.49. The first-order chi connectivity index (χ1) is 16.6. The SMILES string of the molecule is COc1cccc2oc(N(C=O)CCCOc3ccc(C(=O)Nc4ccccc4N)cc3)cc12. The summed E-state index contributed by atoms with van der Waals surface area (Å²) >= 11 is 0. The molecular weight excluding hydrogens is 434 g/mol. The highest BCUT2D eigenvalue weighted by molar-refractivity contribution is 6.05. The first-order valence-corrected chi connectivity index (χ1v) is 10.8. The number of furan rings is 1. The van der Waals surface area contributed by atoms with E-state index in [0.29, 0.717) is 59.5 Å². The van der Waals surface area contributed by atoms with Gasteiger partial charge in [0.15, 0.2) is 0 Å². The lowest BCUT2D eigenvalue weighted by Crippen LogP contribution is -2.23. The Labute approximate surface area is 196 Å². The minimum atomic E-state index is -0.256. The molecule has 0 unspecified atom stereocenters. The Morgan fingerprint density at radius 3 is 2.62 bits per heavy atom. The maximum Gasteiger partial charge on any atom is 0.255 e. The van der Waals surface area contributed by atoms with Crippen molar-refractivity contribution in [1.82, 2.24) is 0 Å². The van der Waals surface area contributed by atoms with E-state index in [2.05, 4.69) is 5.32 Å². The van der Waals surface area contributed by atoms with Gasteiger partial charge in [0.1, 0.15) is 17.1 Å². The maximum atomic E-state index is 12.4. The van der Waals surface area contributed by atoms with Crippen molar-refractivity contribution in [1.29, 1.82) is 0 Å². The number of para-hydroxylation sites is 2. The van der Waals surface area contributed by atoms with E-state index in [-0.39, 0.29) is 5.91 Å². The van der Waals surface area contributed by atoms with Crippen LogP contribution in [0, 0.1) is 0 Å². The number of amides is 2. The Morgan fingerprint density at radius 2 is 1.88 bits per heavy atom. The van der Waals surface area contributed by atoms with E-state index in [1.165, 1.54) is 4.90 Å². The van der Waals surface area contributed by atoms with Crippen LogP contribution in [0.5, 0.6) is 11.5 Å². The van der Waals surface area contributed by atoms with Gasteiger partial charge in [-0.1, -0.05) is 18.2 Å². The van der Waals surface area contributed by atoms with Crippen molar-refractivity contribution in [2.45, 2.75) is 6.42 Å². The molecule has 0 aliphatic heterocycles. The number of hydrogen-bond donors (Lipinski definition) is 2. The second kappa shape index (κ2) is 10.4. The Hall–Kier alpha value is -4.46. The summed E-state index contributed by atoms with van der Waals surface area (Å²) < 4.78 is 16.9. The van der Waals surface area contributed by atoms with E-state index in [1.54, 1.807) is 61.7 Å². The van der Waals surface area contributed by atoms with Crippen molar-refractivity contribution in [2.24, 2.45) is 0 Å². The molecule has 1 aromatic heterocycles. The number of ether oxygens (including phenoxy) is 2. The number of nitrogens with two attached hydrogens (primary N) is 1. The lowest BCUT2D eigenvalue weighted by atomic mass is 10.2. The average molecular weight is 460 g/mol. The molecule has 3 aromatic carbocycles. The van der Waals surface area contributed by atoms with E-state index in [4.69, 9.17) is 19.6 Å². The van der Waals surface area contributed by atoms with Gasteiger partial charge in [0.2, 0.25) is 12.3 Å². The van der Waals surface area contributed by atoms with Crippen LogP contribution in [-0.4, -0.2) is 32.6 Å². The summed E-state index contributed by atoms with van der Waals surface area (Å²) in [6, 6.07) is 21.2. The lowest BCUT2D eigenvalue weighted by molar-refractivity contribution is -0.107. The van der Waals surface area contributed by atoms with E-state index in [0.717, 1.165) is 11.8 Å². The van der Waals surface area contributed by atoms with Gasteiger partial charge in [-0.3, -0.25) is 14.5 Å². The molecule has 0 saturated heterocycles. The smallest absolute Gasteiger partial charge is 0.255 e. The molecule has 8 heteroatoms. The maximum absolute atomic E-state index is 12.4. The van der Waals surface area contributed by atoms with Crippen molar-refractivity contribution < 1.29 is 23.5 Å². The fourth-order valence-electron chi connectivity index (χ4n) is 3.49. The minimum Gasteiger partial charge on any atom is -0.496 e. The van der Waals surface area contributed by atoms with E-state index in [1.807, 2.05) is 18.2 Å². The molecule has 3 N–H and O–H groups in total. The molecule has 0 aliphatic rings. The number of anilines is 3. The summed E-state index contributed by atoms with van der Waals surface area (Å²) in [5.74, 6) is 1.51. The van der Waals surface area contributed by atoms with Gasteiger partial charge in [0.05, 0.1) is 30.5 Å². The van der Waals surface area contributed by atoms with Crippen LogP contribution in [0.3, 0.4) is 0 Å². The quantitative estimate of drug-likeness (QED) is 0.202. The molecule has 34 heavy (non-hydrogen) atoms. The molecule has 0 bridgehead atoms. The number of rotatable bonds is 10. The van der Waals surface area contributed by atoms with Crippen LogP contribution in [0.1, 0.15) is 16.8 Å². The Kier molecular flexibility index (Phi) is 6.98. The molecule has 174 valence electrons. The highest BCUT2D eigenvalue weighted by atomic mass is 16.5. The van der Waals surface area contributed by atoms with Crippen LogP contribution in [0.4, 0.5) is 17.3 Å². The Morgan fingerprint density at radius 1 is 1.09 bits per heavy atom. The number of fused-ring (bicyclic) bond motifs is 1. The number of carbonyl (C=O) groups excluding carboxylic acids is 2. The molecule has 2 amide bonds. The molecule has 8 nitrogen and oxygen atoms in total. The normalized spacial score (nSPS) is 10.6. The van der Waals surface area contributed by atoms with Crippen molar-refractivity contribution in [2.75, 3.05) is 36.2 Å². The van der Waals surface area contributed by atoms with Crippen LogP contribution in [0.25, 0.3) is 11.0 Å². The zero-order chi connectivity index (χ0) is 23.9. The molecule has 0 saturated carbocycles. The summed E-state index contributed by atoms with van der Waals surface area (Å²) in [5.41, 5.74) is 8.07. The van der Waals surface area contributed by atoms with Crippen LogP contribution in [-0.2, 0) is 4.79 Å². The summed E-state index contributed by atoms with van der Waals surface area (Å²) in [5, 5.41) is 3.60. The van der Waals surface area contributed by atoms with Crippen LogP contribution in [0.2, 0.25) is 0 Å². The summed E-state index contributed by atoms with van der Waals surface area (Å²) in [4.78, 5) is 25.5. The largest absolute Gasteiger partial charge is 0.496 e. The van der Waals surface area contributed by atoms with Gasteiger partial charge in [-0.2, -0.15) is 0 Å². The fraction of sp³-hybridized carbons (Fsp3) is 0.154. The number of nitrogens with zero attached hydrogens (tertiary/aromatic N) is 1. The Balaban J connectivity index is 1.29. The van der Waals surface area contributed by atoms with Crippen LogP contribution in [0.15, 0.2) is 77.2 Å². The molecule has 1 heterocycles. The number of hydrogen-bond acceptors (Lipinski definition) is 6. The van der Waals surface area contributed by atoms with Gasteiger partial charge in [-0.15, -0.1) is 0 Å². The predicted molar refractivity (Wildman–Crippen MR) is 132 cm³/mol. The second-order valence-electron chi connectivity index (χ2n) is 7.52. The summed E-state index contributed by atoms with van der Waals surface area (Å²) in [6.07, 6.45) is 1.32. The second-order valence-corrected chi connectivity index (χ2v) is 7.52. The summed E-state index contributed by atoms with van der Waals surface area (Å²) in [6.45, 7) is 0.810.